The molecule has 2 amide bonds. The quantitative estimate of drug-likeness (QED) is 0.691. The number of para-hydroxylation sites is 1. The maximum Gasteiger partial charge on any atom is 0.315 e. The van der Waals surface area contributed by atoms with Gasteiger partial charge in [-0.1, -0.05) is 32.0 Å². The van der Waals surface area contributed by atoms with Gasteiger partial charge in [0.15, 0.2) is 0 Å². The van der Waals surface area contributed by atoms with Gasteiger partial charge in [0, 0.05) is 5.56 Å². The minimum atomic E-state index is -0.279. The molecule has 0 aliphatic carbocycles. The Morgan fingerprint density at radius 1 is 1.23 bits per heavy atom. The molecule has 0 aromatic heterocycles. The van der Waals surface area contributed by atoms with Gasteiger partial charge in [0.25, 0.3) is 0 Å². The van der Waals surface area contributed by atoms with Crippen molar-refractivity contribution in [3.63, 3.8) is 0 Å². The van der Waals surface area contributed by atoms with Crippen LogP contribution in [0.5, 0.6) is 5.75 Å². The first-order chi connectivity index (χ1) is 10.5. The molecule has 3 N–H and O–H groups in total. The molecule has 1 rings (SSSR count). The number of urea groups is 1. The molecule has 5 heteroatoms. The smallest absolute Gasteiger partial charge is 0.315 e. The number of benzene rings is 1. The van der Waals surface area contributed by atoms with Crippen molar-refractivity contribution in [2.45, 2.75) is 46.2 Å². The molecule has 0 aliphatic heterocycles. The molecule has 2 unspecified atom stereocenters. The van der Waals surface area contributed by atoms with Gasteiger partial charge in [-0.2, -0.15) is 0 Å². The first kappa shape index (κ1) is 18.3. The fourth-order valence-corrected chi connectivity index (χ4v) is 2.26. The lowest BCUT2D eigenvalue weighted by Gasteiger charge is -2.24. The number of carbonyl (C=O) groups is 1. The third-order valence-electron chi connectivity index (χ3n) is 3.26. The Labute approximate surface area is 133 Å². The summed E-state index contributed by atoms with van der Waals surface area (Å²) in [6.07, 6.45) is 0.811. The molecule has 0 fully saturated rings. The number of aliphatic hydroxyl groups is 1. The highest BCUT2D eigenvalue weighted by molar-refractivity contribution is 5.74. The van der Waals surface area contributed by atoms with Gasteiger partial charge in [-0.3, -0.25) is 0 Å². The zero-order valence-electron chi connectivity index (χ0n) is 13.9. The predicted molar refractivity (Wildman–Crippen MR) is 88.0 cm³/mol. The second kappa shape index (κ2) is 9.30. The molecule has 1 aromatic rings. The normalized spacial score (nSPS) is 13.5. The SMILES string of the molecule is CCOc1ccccc1C(CC(C)C)NC(=O)NC(C)CO. The summed E-state index contributed by atoms with van der Waals surface area (Å²) in [7, 11) is 0. The molecule has 124 valence electrons. The maximum absolute atomic E-state index is 12.1. The largest absolute Gasteiger partial charge is 0.494 e. The van der Waals surface area contributed by atoms with E-state index in [0.717, 1.165) is 17.7 Å². The average molecular weight is 308 g/mol. The third kappa shape index (κ3) is 5.93. The van der Waals surface area contributed by atoms with E-state index in [1.165, 1.54) is 0 Å². The number of aliphatic hydroxyl groups excluding tert-OH is 1. The monoisotopic (exact) mass is 308 g/mol. The summed E-state index contributed by atoms with van der Waals surface area (Å²) in [6, 6.07) is 7.08. The van der Waals surface area contributed by atoms with Crippen LogP contribution in [-0.2, 0) is 0 Å². The van der Waals surface area contributed by atoms with Crippen molar-refractivity contribution in [2.75, 3.05) is 13.2 Å². The molecule has 0 radical (unpaired) electrons. The first-order valence-corrected chi connectivity index (χ1v) is 7.87. The molecule has 0 saturated heterocycles. The van der Waals surface area contributed by atoms with E-state index < -0.39 is 0 Å². The molecule has 0 bridgehead atoms. The Morgan fingerprint density at radius 2 is 1.91 bits per heavy atom. The van der Waals surface area contributed by atoms with Crippen LogP contribution >= 0.6 is 0 Å². The number of hydrogen-bond acceptors (Lipinski definition) is 3. The van der Waals surface area contributed by atoms with Crippen LogP contribution in [0.1, 0.15) is 45.7 Å². The van der Waals surface area contributed by atoms with Gasteiger partial charge in [-0.25, -0.2) is 4.79 Å². The van der Waals surface area contributed by atoms with Crippen molar-refractivity contribution >= 4 is 6.03 Å². The van der Waals surface area contributed by atoms with Gasteiger partial charge < -0.3 is 20.5 Å². The predicted octanol–water partition coefficient (Wildman–Crippen LogP) is 2.85. The van der Waals surface area contributed by atoms with E-state index in [0.29, 0.717) is 12.5 Å². The molecule has 0 spiro atoms. The van der Waals surface area contributed by atoms with E-state index in [2.05, 4.69) is 24.5 Å². The van der Waals surface area contributed by atoms with Gasteiger partial charge in [-0.05, 0) is 32.3 Å². The van der Waals surface area contributed by atoms with E-state index in [1.54, 1.807) is 6.92 Å². The molecular formula is C17H28N2O3. The minimum Gasteiger partial charge on any atom is -0.494 e. The van der Waals surface area contributed by atoms with E-state index in [9.17, 15) is 4.79 Å². The topological polar surface area (TPSA) is 70.6 Å². The average Bonchev–Trinajstić information content (AvgIpc) is 2.46. The van der Waals surface area contributed by atoms with Crippen LogP contribution in [-0.4, -0.2) is 30.4 Å². The Morgan fingerprint density at radius 3 is 2.50 bits per heavy atom. The summed E-state index contributed by atoms with van der Waals surface area (Å²) in [6.45, 7) is 8.43. The summed E-state index contributed by atoms with van der Waals surface area (Å²) in [5.74, 6) is 1.22. The van der Waals surface area contributed by atoms with Crippen molar-refractivity contribution in [1.29, 1.82) is 0 Å². The van der Waals surface area contributed by atoms with Crippen LogP contribution in [0.4, 0.5) is 4.79 Å². The highest BCUT2D eigenvalue weighted by atomic mass is 16.5. The number of amides is 2. The van der Waals surface area contributed by atoms with Crippen LogP contribution in [0.3, 0.4) is 0 Å². The highest BCUT2D eigenvalue weighted by Crippen LogP contribution is 2.29. The fourth-order valence-electron chi connectivity index (χ4n) is 2.26. The van der Waals surface area contributed by atoms with Crippen LogP contribution in [0.15, 0.2) is 24.3 Å². The second-order valence-corrected chi connectivity index (χ2v) is 5.85. The van der Waals surface area contributed by atoms with Crippen molar-refractivity contribution in [3.05, 3.63) is 29.8 Å². The minimum absolute atomic E-state index is 0.0855. The maximum atomic E-state index is 12.1. The van der Waals surface area contributed by atoms with E-state index in [4.69, 9.17) is 9.84 Å². The number of rotatable bonds is 8. The van der Waals surface area contributed by atoms with Gasteiger partial charge in [0.1, 0.15) is 5.75 Å². The summed E-state index contributed by atoms with van der Waals surface area (Å²) >= 11 is 0. The lowest BCUT2D eigenvalue weighted by Crippen LogP contribution is -2.44. The van der Waals surface area contributed by atoms with E-state index in [-0.39, 0.29) is 24.7 Å². The summed E-state index contributed by atoms with van der Waals surface area (Å²) in [5, 5.41) is 14.7. The zero-order valence-corrected chi connectivity index (χ0v) is 13.9. The molecule has 5 nitrogen and oxygen atoms in total. The molecule has 1 aromatic carbocycles. The molecule has 22 heavy (non-hydrogen) atoms. The molecule has 0 aliphatic rings. The van der Waals surface area contributed by atoms with Crippen LogP contribution < -0.4 is 15.4 Å². The molecule has 2 atom stereocenters. The standard InChI is InChI=1S/C17H28N2O3/c1-5-22-16-9-7-6-8-14(16)15(10-12(2)3)19-17(21)18-13(4)11-20/h6-9,12-13,15,20H,5,10-11H2,1-4H3,(H2,18,19,21). The van der Waals surface area contributed by atoms with Gasteiger partial charge in [0.05, 0.1) is 25.3 Å². The summed E-state index contributed by atoms with van der Waals surface area (Å²) in [4.78, 5) is 12.1. The molecular weight excluding hydrogens is 280 g/mol. The van der Waals surface area contributed by atoms with Gasteiger partial charge in [-0.15, -0.1) is 0 Å². The van der Waals surface area contributed by atoms with E-state index in [1.807, 2.05) is 31.2 Å². The molecule has 0 heterocycles. The highest BCUT2D eigenvalue weighted by Gasteiger charge is 2.20. The number of ether oxygens (including phenoxy) is 1. The van der Waals surface area contributed by atoms with Crippen molar-refractivity contribution < 1.29 is 14.6 Å². The third-order valence-corrected chi connectivity index (χ3v) is 3.26. The van der Waals surface area contributed by atoms with Gasteiger partial charge in [0.2, 0.25) is 0 Å². The van der Waals surface area contributed by atoms with Crippen LogP contribution in [0.25, 0.3) is 0 Å². The number of carbonyl (C=O) groups excluding carboxylic acids is 1. The summed E-state index contributed by atoms with van der Waals surface area (Å²) in [5.41, 5.74) is 0.977. The summed E-state index contributed by atoms with van der Waals surface area (Å²) < 4.78 is 5.67. The van der Waals surface area contributed by atoms with Gasteiger partial charge >= 0.3 is 6.03 Å². The Kier molecular flexibility index (Phi) is 7.74. The lowest BCUT2D eigenvalue weighted by molar-refractivity contribution is 0.215. The fraction of sp³-hybridized carbons (Fsp3) is 0.588. The molecule has 0 saturated carbocycles. The Bertz CT molecular complexity index is 463. The van der Waals surface area contributed by atoms with Crippen molar-refractivity contribution in [3.8, 4) is 5.75 Å². The number of hydrogen-bond donors (Lipinski definition) is 3. The Balaban J connectivity index is 2.91. The second-order valence-electron chi connectivity index (χ2n) is 5.85. The van der Waals surface area contributed by atoms with E-state index >= 15 is 0 Å². The van der Waals surface area contributed by atoms with Crippen molar-refractivity contribution in [1.82, 2.24) is 10.6 Å². The van der Waals surface area contributed by atoms with Crippen molar-refractivity contribution in [2.24, 2.45) is 5.92 Å². The van der Waals surface area contributed by atoms with Crippen LogP contribution in [0.2, 0.25) is 0 Å². The first-order valence-electron chi connectivity index (χ1n) is 7.87. The Hall–Kier alpha value is -1.75. The number of nitrogens with one attached hydrogen (secondary N) is 2. The lowest BCUT2D eigenvalue weighted by atomic mass is 9.96. The van der Waals surface area contributed by atoms with Crippen LogP contribution in [0, 0.1) is 5.92 Å². The zero-order chi connectivity index (χ0) is 16.5.